The maximum absolute atomic E-state index is 9.02. The maximum Gasteiger partial charge on any atom is 0.171 e. The maximum atomic E-state index is 9.02. The van der Waals surface area contributed by atoms with E-state index in [4.69, 9.17) is 21.4 Å². The van der Waals surface area contributed by atoms with Crippen LogP contribution in [0.1, 0.15) is 17.0 Å². The van der Waals surface area contributed by atoms with Crippen molar-refractivity contribution in [3.8, 4) is 11.5 Å². The van der Waals surface area contributed by atoms with E-state index in [1.165, 1.54) is 0 Å². The molecule has 2 aromatic rings. The van der Waals surface area contributed by atoms with Crippen LogP contribution < -0.4 is 4.74 Å². The monoisotopic (exact) mass is 266 g/mol. The Labute approximate surface area is 111 Å². The molecule has 4 nitrogen and oxygen atoms in total. The summed E-state index contributed by atoms with van der Waals surface area (Å²) in [6, 6.07) is 5.22. The Morgan fingerprint density at radius 1 is 1.39 bits per heavy atom. The first-order valence-electron chi connectivity index (χ1n) is 5.60. The fourth-order valence-electron chi connectivity index (χ4n) is 1.74. The lowest BCUT2D eigenvalue weighted by molar-refractivity contribution is 0.281. The molecular formula is C13H15ClN2O2. The fourth-order valence-corrected chi connectivity index (χ4v) is 1.98. The molecular weight excluding hydrogens is 252 g/mol. The molecule has 0 saturated carbocycles. The molecule has 0 spiro atoms. The summed E-state index contributed by atoms with van der Waals surface area (Å²) in [6.45, 7) is 3.79. The topological polar surface area (TPSA) is 47.3 Å². The van der Waals surface area contributed by atoms with Crippen LogP contribution in [0.3, 0.4) is 0 Å². The molecule has 18 heavy (non-hydrogen) atoms. The molecule has 1 N–H and O–H groups in total. The van der Waals surface area contributed by atoms with Crippen molar-refractivity contribution in [2.75, 3.05) is 0 Å². The lowest BCUT2D eigenvalue weighted by Crippen LogP contribution is -1.93. The highest BCUT2D eigenvalue weighted by molar-refractivity contribution is 6.32. The van der Waals surface area contributed by atoms with Gasteiger partial charge >= 0.3 is 0 Å². The highest BCUT2D eigenvalue weighted by Crippen LogP contribution is 2.33. The zero-order valence-corrected chi connectivity index (χ0v) is 11.3. The van der Waals surface area contributed by atoms with Crippen molar-refractivity contribution in [2.45, 2.75) is 20.5 Å². The second kappa shape index (κ2) is 5.00. The SMILES string of the molecule is Cc1nn(C)c(C)c1Oc1ccc(CO)cc1Cl. The van der Waals surface area contributed by atoms with E-state index in [0.29, 0.717) is 10.8 Å². The molecule has 0 amide bonds. The average Bonchev–Trinajstić information content (AvgIpc) is 2.58. The van der Waals surface area contributed by atoms with Crippen molar-refractivity contribution in [3.05, 3.63) is 40.2 Å². The van der Waals surface area contributed by atoms with Gasteiger partial charge in [-0.15, -0.1) is 0 Å². The number of ether oxygens (including phenoxy) is 1. The van der Waals surface area contributed by atoms with Gasteiger partial charge in [-0.05, 0) is 31.5 Å². The third-order valence-electron chi connectivity index (χ3n) is 2.83. The van der Waals surface area contributed by atoms with Crippen LogP contribution in [-0.4, -0.2) is 14.9 Å². The van der Waals surface area contributed by atoms with Crippen molar-refractivity contribution < 1.29 is 9.84 Å². The van der Waals surface area contributed by atoms with E-state index in [-0.39, 0.29) is 6.61 Å². The summed E-state index contributed by atoms with van der Waals surface area (Å²) in [7, 11) is 1.87. The van der Waals surface area contributed by atoms with E-state index >= 15 is 0 Å². The number of halogens is 1. The number of hydrogen-bond donors (Lipinski definition) is 1. The van der Waals surface area contributed by atoms with Gasteiger partial charge in [0.1, 0.15) is 11.4 Å². The minimum Gasteiger partial charge on any atom is -0.452 e. The van der Waals surface area contributed by atoms with Gasteiger partial charge in [-0.1, -0.05) is 17.7 Å². The Balaban J connectivity index is 2.34. The Morgan fingerprint density at radius 3 is 2.61 bits per heavy atom. The highest BCUT2D eigenvalue weighted by atomic mass is 35.5. The molecule has 2 rings (SSSR count). The molecule has 1 aromatic carbocycles. The number of rotatable bonds is 3. The number of aliphatic hydroxyl groups is 1. The lowest BCUT2D eigenvalue weighted by Gasteiger charge is -2.08. The standard InChI is InChI=1S/C13H15ClN2O2/c1-8-13(9(2)16(3)15-8)18-12-5-4-10(7-17)6-11(12)14/h4-6,17H,7H2,1-3H3. The third-order valence-corrected chi connectivity index (χ3v) is 3.13. The van der Waals surface area contributed by atoms with Crippen molar-refractivity contribution in [2.24, 2.45) is 7.05 Å². The van der Waals surface area contributed by atoms with Gasteiger partial charge < -0.3 is 9.84 Å². The first-order chi connectivity index (χ1) is 8.52. The van der Waals surface area contributed by atoms with Crippen molar-refractivity contribution in [3.63, 3.8) is 0 Å². The molecule has 0 radical (unpaired) electrons. The van der Waals surface area contributed by atoms with E-state index in [2.05, 4.69) is 5.10 Å². The molecule has 0 saturated heterocycles. The molecule has 0 unspecified atom stereocenters. The summed E-state index contributed by atoms with van der Waals surface area (Å²) in [5, 5.41) is 13.8. The van der Waals surface area contributed by atoms with Crippen LogP contribution in [-0.2, 0) is 13.7 Å². The van der Waals surface area contributed by atoms with E-state index in [9.17, 15) is 0 Å². The van der Waals surface area contributed by atoms with E-state index in [1.54, 1.807) is 22.9 Å². The quantitative estimate of drug-likeness (QED) is 0.929. The number of benzene rings is 1. The lowest BCUT2D eigenvalue weighted by atomic mass is 10.2. The first-order valence-corrected chi connectivity index (χ1v) is 5.98. The van der Waals surface area contributed by atoms with Gasteiger partial charge in [0.25, 0.3) is 0 Å². The van der Waals surface area contributed by atoms with Crippen LogP contribution in [0.2, 0.25) is 5.02 Å². The van der Waals surface area contributed by atoms with E-state index in [1.807, 2.05) is 20.9 Å². The predicted octanol–water partition coefficient (Wildman–Crippen LogP) is 2.97. The number of nitrogens with zero attached hydrogens (tertiary/aromatic N) is 2. The van der Waals surface area contributed by atoms with Crippen LogP contribution >= 0.6 is 11.6 Å². The molecule has 0 bridgehead atoms. The van der Waals surface area contributed by atoms with Gasteiger partial charge in [0.15, 0.2) is 5.75 Å². The summed E-state index contributed by atoms with van der Waals surface area (Å²) in [6.07, 6.45) is 0. The third kappa shape index (κ3) is 2.35. The fraction of sp³-hybridized carbons (Fsp3) is 0.308. The van der Waals surface area contributed by atoms with Crippen LogP contribution in [0, 0.1) is 13.8 Å². The van der Waals surface area contributed by atoms with Gasteiger partial charge in [-0.2, -0.15) is 5.10 Å². The minimum atomic E-state index is -0.0368. The summed E-state index contributed by atoms with van der Waals surface area (Å²) in [5.74, 6) is 1.28. The van der Waals surface area contributed by atoms with Gasteiger partial charge in [0, 0.05) is 7.05 Å². The molecule has 96 valence electrons. The largest absolute Gasteiger partial charge is 0.452 e. The zero-order valence-electron chi connectivity index (χ0n) is 10.6. The Bertz CT molecular complexity index is 579. The Hall–Kier alpha value is -1.52. The highest BCUT2D eigenvalue weighted by Gasteiger charge is 2.13. The molecule has 5 heteroatoms. The molecule has 1 aromatic heterocycles. The number of hydrogen-bond acceptors (Lipinski definition) is 3. The zero-order chi connectivity index (χ0) is 13.3. The molecule has 0 atom stereocenters. The number of aliphatic hydroxyl groups excluding tert-OH is 1. The van der Waals surface area contributed by atoms with Crippen molar-refractivity contribution in [1.29, 1.82) is 0 Å². The summed E-state index contributed by atoms with van der Waals surface area (Å²) in [4.78, 5) is 0. The molecule has 0 fully saturated rings. The van der Waals surface area contributed by atoms with E-state index < -0.39 is 0 Å². The van der Waals surface area contributed by atoms with Crippen LogP contribution in [0.5, 0.6) is 11.5 Å². The second-order valence-electron chi connectivity index (χ2n) is 4.15. The van der Waals surface area contributed by atoms with E-state index in [0.717, 1.165) is 22.7 Å². The second-order valence-corrected chi connectivity index (χ2v) is 4.56. The molecule has 1 heterocycles. The molecule has 0 aliphatic rings. The summed E-state index contributed by atoms with van der Waals surface area (Å²) < 4.78 is 7.56. The summed E-state index contributed by atoms with van der Waals surface area (Å²) >= 11 is 6.11. The van der Waals surface area contributed by atoms with Gasteiger partial charge in [0.05, 0.1) is 17.3 Å². The van der Waals surface area contributed by atoms with Gasteiger partial charge in [0.2, 0.25) is 0 Å². The van der Waals surface area contributed by atoms with Gasteiger partial charge in [-0.3, -0.25) is 4.68 Å². The van der Waals surface area contributed by atoms with Crippen LogP contribution in [0.25, 0.3) is 0 Å². The molecule has 0 aliphatic heterocycles. The van der Waals surface area contributed by atoms with Crippen LogP contribution in [0.4, 0.5) is 0 Å². The Morgan fingerprint density at radius 2 is 2.11 bits per heavy atom. The van der Waals surface area contributed by atoms with Gasteiger partial charge in [-0.25, -0.2) is 0 Å². The summed E-state index contributed by atoms with van der Waals surface area (Å²) in [5.41, 5.74) is 2.51. The normalized spacial score (nSPS) is 10.7. The minimum absolute atomic E-state index is 0.0368. The molecule has 0 aliphatic carbocycles. The predicted molar refractivity (Wildman–Crippen MR) is 70.1 cm³/mol. The smallest absolute Gasteiger partial charge is 0.171 e. The number of aromatic nitrogens is 2. The average molecular weight is 267 g/mol. The van der Waals surface area contributed by atoms with Crippen molar-refractivity contribution in [1.82, 2.24) is 9.78 Å². The first kappa shape index (κ1) is 12.9. The van der Waals surface area contributed by atoms with Crippen molar-refractivity contribution >= 4 is 11.6 Å². The van der Waals surface area contributed by atoms with Crippen LogP contribution in [0.15, 0.2) is 18.2 Å². The Kier molecular flexibility index (Phi) is 3.59. The number of aryl methyl sites for hydroxylation is 2.